The van der Waals surface area contributed by atoms with Gasteiger partial charge in [0.05, 0.1) is 7.11 Å². The van der Waals surface area contributed by atoms with Gasteiger partial charge in [-0.15, -0.1) is 0 Å². The summed E-state index contributed by atoms with van der Waals surface area (Å²) in [5.74, 6) is 0.448. The van der Waals surface area contributed by atoms with E-state index in [9.17, 15) is 10.1 Å². The third kappa shape index (κ3) is 3.66. The molecule has 0 unspecified atom stereocenters. The molecule has 1 amide bonds. The highest BCUT2D eigenvalue weighted by Gasteiger charge is 2.22. The van der Waals surface area contributed by atoms with Gasteiger partial charge in [-0.2, -0.15) is 5.26 Å². The van der Waals surface area contributed by atoms with Gasteiger partial charge in [-0.05, 0) is 32.2 Å². The van der Waals surface area contributed by atoms with Gasteiger partial charge >= 0.3 is 0 Å². The number of hydrogen-bond acceptors (Lipinski definition) is 4. The van der Waals surface area contributed by atoms with Crippen LogP contribution in [0.1, 0.15) is 11.1 Å². The van der Waals surface area contributed by atoms with E-state index in [4.69, 9.17) is 4.74 Å². The molecule has 0 saturated carbocycles. The number of rotatable bonds is 3. The van der Waals surface area contributed by atoms with Gasteiger partial charge in [-0.1, -0.05) is 11.6 Å². The summed E-state index contributed by atoms with van der Waals surface area (Å²) >= 11 is 0. The lowest BCUT2D eigenvalue weighted by molar-refractivity contribution is -0.128. The number of nitrogens with zero attached hydrogens (tertiary/aromatic N) is 3. The van der Waals surface area contributed by atoms with Crippen molar-refractivity contribution >= 4 is 12.0 Å². The molecule has 1 aromatic rings. The van der Waals surface area contributed by atoms with E-state index in [2.05, 4.69) is 4.90 Å². The number of benzene rings is 1. The molecule has 1 aromatic carbocycles. The zero-order valence-electron chi connectivity index (χ0n) is 13.3. The van der Waals surface area contributed by atoms with Crippen molar-refractivity contribution in [3.63, 3.8) is 0 Å². The molecule has 116 valence electrons. The third-order valence-corrected chi connectivity index (χ3v) is 3.83. The summed E-state index contributed by atoms with van der Waals surface area (Å²) in [5, 5.41) is 9.36. The highest BCUT2D eigenvalue weighted by Crippen LogP contribution is 2.23. The van der Waals surface area contributed by atoms with E-state index >= 15 is 0 Å². The van der Waals surface area contributed by atoms with Gasteiger partial charge in [-0.3, -0.25) is 4.79 Å². The van der Waals surface area contributed by atoms with Crippen LogP contribution >= 0.6 is 0 Å². The molecule has 0 bridgehead atoms. The van der Waals surface area contributed by atoms with E-state index in [0.29, 0.717) is 18.8 Å². The fraction of sp³-hybridized carbons (Fsp3) is 0.412. The predicted molar refractivity (Wildman–Crippen MR) is 85.4 cm³/mol. The van der Waals surface area contributed by atoms with E-state index in [0.717, 1.165) is 24.2 Å². The van der Waals surface area contributed by atoms with Crippen LogP contribution in [0.25, 0.3) is 6.08 Å². The summed E-state index contributed by atoms with van der Waals surface area (Å²) in [4.78, 5) is 16.4. The minimum absolute atomic E-state index is 0.147. The number of aryl methyl sites for hydroxylation is 1. The van der Waals surface area contributed by atoms with Gasteiger partial charge in [0.2, 0.25) is 0 Å². The Kier molecular flexibility index (Phi) is 5.18. The van der Waals surface area contributed by atoms with Gasteiger partial charge in [0, 0.05) is 31.7 Å². The molecule has 22 heavy (non-hydrogen) atoms. The second-order valence-electron chi connectivity index (χ2n) is 5.51. The van der Waals surface area contributed by atoms with E-state index < -0.39 is 0 Å². The maximum Gasteiger partial charge on any atom is 0.264 e. The lowest BCUT2D eigenvalue weighted by Gasteiger charge is -2.32. The molecule has 5 nitrogen and oxygen atoms in total. The van der Waals surface area contributed by atoms with E-state index in [1.807, 2.05) is 38.2 Å². The lowest BCUT2D eigenvalue weighted by Crippen LogP contribution is -2.47. The van der Waals surface area contributed by atoms with Crippen molar-refractivity contribution in [2.24, 2.45) is 0 Å². The van der Waals surface area contributed by atoms with Crippen molar-refractivity contribution in [1.29, 1.82) is 5.26 Å². The number of carbonyl (C=O) groups excluding carboxylic acids is 1. The molecular formula is C17H21N3O2. The molecule has 1 heterocycles. The lowest BCUT2D eigenvalue weighted by atomic mass is 10.1. The summed E-state index contributed by atoms with van der Waals surface area (Å²) in [7, 11) is 3.61. The first kappa shape index (κ1) is 16.1. The Labute approximate surface area is 131 Å². The molecule has 2 rings (SSSR count). The molecule has 1 aliphatic rings. The van der Waals surface area contributed by atoms with Gasteiger partial charge in [0.15, 0.2) is 0 Å². The summed E-state index contributed by atoms with van der Waals surface area (Å²) in [6, 6.07) is 7.72. The number of amides is 1. The quantitative estimate of drug-likeness (QED) is 0.629. The van der Waals surface area contributed by atoms with Crippen LogP contribution in [0.5, 0.6) is 5.75 Å². The van der Waals surface area contributed by atoms with Crippen molar-refractivity contribution in [2.45, 2.75) is 6.92 Å². The van der Waals surface area contributed by atoms with E-state index in [1.54, 1.807) is 18.1 Å². The zero-order valence-corrected chi connectivity index (χ0v) is 13.3. The van der Waals surface area contributed by atoms with Crippen molar-refractivity contribution in [1.82, 2.24) is 9.80 Å². The fourth-order valence-electron chi connectivity index (χ4n) is 2.44. The maximum absolute atomic E-state index is 12.5. The fourth-order valence-corrected chi connectivity index (χ4v) is 2.44. The van der Waals surface area contributed by atoms with Gasteiger partial charge in [0.25, 0.3) is 5.91 Å². The molecule has 5 heteroatoms. The molecule has 0 radical (unpaired) electrons. The molecule has 1 aliphatic heterocycles. The van der Waals surface area contributed by atoms with Crippen molar-refractivity contribution in [2.75, 3.05) is 40.3 Å². The summed E-state index contributed by atoms with van der Waals surface area (Å²) in [6.45, 7) is 4.93. The topological polar surface area (TPSA) is 56.6 Å². The van der Waals surface area contributed by atoms with Crippen LogP contribution in [-0.2, 0) is 4.79 Å². The normalized spacial score (nSPS) is 16.3. The number of likely N-dealkylation sites (N-methyl/N-ethyl adjacent to an activating group) is 1. The molecular weight excluding hydrogens is 278 g/mol. The Hall–Kier alpha value is -2.32. The van der Waals surface area contributed by atoms with Crippen molar-refractivity contribution in [3.05, 3.63) is 34.9 Å². The Morgan fingerprint density at radius 2 is 2.00 bits per heavy atom. The standard InChI is InChI=1S/C17H21N3O2/c1-13-4-5-16(22-3)14(10-13)11-15(12-18)17(21)20-8-6-19(2)7-9-20/h4-5,10-11H,6-9H2,1-3H3/b15-11+. The number of ether oxygens (including phenoxy) is 1. The smallest absolute Gasteiger partial charge is 0.264 e. The van der Waals surface area contributed by atoms with Crippen LogP contribution in [0.4, 0.5) is 0 Å². The number of piperazine rings is 1. The maximum atomic E-state index is 12.5. The summed E-state index contributed by atoms with van der Waals surface area (Å²) in [6.07, 6.45) is 1.62. The van der Waals surface area contributed by atoms with Crippen LogP contribution in [0, 0.1) is 18.3 Å². The number of methoxy groups -OCH3 is 1. The number of nitriles is 1. The van der Waals surface area contributed by atoms with Gasteiger partial charge in [-0.25, -0.2) is 0 Å². The monoisotopic (exact) mass is 299 g/mol. The summed E-state index contributed by atoms with van der Waals surface area (Å²) in [5.41, 5.74) is 1.95. The Balaban J connectivity index is 2.26. The van der Waals surface area contributed by atoms with Crippen LogP contribution in [0.3, 0.4) is 0 Å². The molecule has 1 saturated heterocycles. The van der Waals surface area contributed by atoms with Gasteiger partial charge < -0.3 is 14.5 Å². The first-order valence-electron chi connectivity index (χ1n) is 7.29. The second-order valence-corrected chi connectivity index (χ2v) is 5.51. The minimum atomic E-state index is -0.209. The highest BCUT2D eigenvalue weighted by atomic mass is 16.5. The van der Waals surface area contributed by atoms with Crippen molar-refractivity contribution < 1.29 is 9.53 Å². The average Bonchev–Trinajstić information content (AvgIpc) is 2.53. The second kappa shape index (κ2) is 7.10. The first-order chi connectivity index (χ1) is 10.5. The van der Waals surface area contributed by atoms with E-state index in [1.165, 1.54) is 0 Å². The average molecular weight is 299 g/mol. The third-order valence-electron chi connectivity index (χ3n) is 3.83. The van der Waals surface area contributed by atoms with Gasteiger partial charge in [0.1, 0.15) is 17.4 Å². The zero-order chi connectivity index (χ0) is 16.1. The predicted octanol–water partition coefficient (Wildman–Crippen LogP) is 1.68. The molecule has 0 N–H and O–H groups in total. The van der Waals surface area contributed by atoms with E-state index in [-0.39, 0.29) is 11.5 Å². The Morgan fingerprint density at radius 3 is 2.59 bits per heavy atom. The summed E-state index contributed by atoms with van der Waals surface area (Å²) < 4.78 is 5.30. The molecule has 0 aromatic heterocycles. The minimum Gasteiger partial charge on any atom is -0.496 e. The number of hydrogen-bond donors (Lipinski definition) is 0. The Bertz CT molecular complexity index is 623. The first-order valence-corrected chi connectivity index (χ1v) is 7.29. The number of carbonyl (C=O) groups is 1. The highest BCUT2D eigenvalue weighted by molar-refractivity contribution is 6.02. The largest absolute Gasteiger partial charge is 0.496 e. The molecule has 0 atom stereocenters. The van der Waals surface area contributed by atoms with Crippen LogP contribution in [0.15, 0.2) is 23.8 Å². The Morgan fingerprint density at radius 1 is 1.32 bits per heavy atom. The van der Waals surface area contributed by atoms with Crippen LogP contribution in [0.2, 0.25) is 0 Å². The van der Waals surface area contributed by atoms with Crippen molar-refractivity contribution in [3.8, 4) is 11.8 Å². The molecule has 0 aliphatic carbocycles. The molecule has 0 spiro atoms. The van der Waals surface area contributed by atoms with Crippen LogP contribution in [-0.4, -0.2) is 56.0 Å². The SMILES string of the molecule is COc1ccc(C)cc1/C=C(\C#N)C(=O)N1CCN(C)CC1. The molecule has 1 fully saturated rings. The van der Waals surface area contributed by atoms with Crippen LogP contribution < -0.4 is 4.74 Å².